The van der Waals surface area contributed by atoms with Gasteiger partial charge in [-0.3, -0.25) is 4.79 Å². The van der Waals surface area contributed by atoms with E-state index in [1.807, 2.05) is 0 Å². The van der Waals surface area contributed by atoms with Gasteiger partial charge in [-0.05, 0) is 30.3 Å². The predicted molar refractivity (Wildman–Crippen MR) is 80.0 cm³/mol. The molecule has 0 aliphatic heterocycles. The predicted octanol–water partition coefficient (Wildman–Crippen LogP) is 4.64. The van der Waals surface area contributed by atoms with Crippen molar-refractivity contribution in [2.45, 2.75) is 0 Å². The van der Waals surface area contributed by atoms with Crippen LogP contribution in [0.15, 0.2) is 47.3 Å². The smallest absolute Gasteiger partial charge is 0.248 e. The Morgan fingerprint density at radius 3 is 2.45 bits per heavy atom. The largest absolute Gasteiger partial charge is 0.322 e. The molecule has 2 nitrogen and oxygen atoms in total. The third-order valence-corrected chi connectivity index (χ3v) is 3.61. The number of nitrogens with one attached hydrogen (secondary N) is 1. The molecule has 0 fully saturated rings. The van der Waals surface area contributed by atoms with E-state index in [0.717, 1.165) is 0 Å². The lowest BCUT2D eigenvalue weighted by Crippen LogP contribution is -2.03. The average molecular weight is 308 g/mol. The van der Waals surface area contributed by atoms with E-state index in [1.165, 1.54) is 12.1 Å². The lowest BCUT2D eigenvalue weighted by atomic mass is 10.0. The highest BCUT2D eigenvalue weighted by atomic mass is 35.5. The molecule has 3 aromatic rings. The van der Waals surface area contributed by atoms with Crippen LogP contribution < -0.4 is 5.56 Å². The minimum atomic E-state index is -0.428. The van der Waals surface area contributed by atoms with Gasteiger partial charge in [-0.2, -0.15) is 0 Å². The number of aromatic amines is 1. The maximum atomic E-state index is 14.6. The Morgan fingerprint density at radius 2 is 1.70 bits per heavy atom. The van der Waals surface area contributed by atoms with Crippen molar-refractivity contribution in [3.05, 3.63) is 68.7 Å². The summed E-state index contributed by atoms with van der Waals surface area (Å²) in [5.41, 5.74) is 1.10. The number of rotatable bonds is 1. The highest BCUT2D eigenvalue weighted by Crippen LogP contribution is 2.34. The third kappa shape index (κ3) is 2.19. The Hall–Kier alpha value is -1.84. The Balaban J connectivity index is 2.29. The molecule has 0 spiro atoms. The molecule has 20 heavy (non-hydrogen) atoms. The van der Waals surface area contributed by atoms with Crippen molar-refractivity contribution in [1.82, 2.24) is 4.98 Å². The normalized spacial score (nSPS) is 10.9. The number of fused-ring (bicyclic) bond motifs is 1. The van der Waals surface area contributed by atoms with Gasteiger partial charge in [0.2, 0.25) is 5.56 Å². The number of hydrogen-bond donors (Lipinski definition) is 1. The Kier molecular flexibility index (Phi) is 3.24. The molecule has 100 valence electrons. The quantitative estimate of drug-likeness (QED) is 0.698. The number of pyridine rings is 1. The first-order valence-corrected chi connectivity index (χ1v) is 6.59. The van der Waals surface area contributed by atoms with E-state index in [4.69, 9.17) is 23.2 Å². The van der Waals surface area contributed by atoms with Crippen LogP contribution in [0.25, 0.3) is 22.0 Å². The second kappa shape index (κ2) is 4.93. The molecule has 2 aromatic carbocycles. The van der Waals surface area contributed by atoms with E-state index in [9.17, 15) is 9.18 Å². The van der Waals surface area contributed by atoms with E-state index in [1.54, 1.807) is 30.3 Å². The molecule has 0 aliphatic rings. The van der Waals surface area contributed by atoms with E-state index >= 15 is 0 Å². The van der Waals surface area contributed by atoms with E-state index in [2.05, 4.69) is 4.98 Å². The Morgan fingerprint density at radius 1 is 0.950 bits per heavy atom. The zero-order chi connectivity index (χ0) is 14.3. The summed E-state index contributed by atoms with van der Waals surface area (Å²) in [4.78, 5) is 13.8. The number of aromatic nitrogens is 1. The zero-order valence-electron chi connectivity index (χ0n) is 10.1. The summed E-state index contributed by atoms with van der Waals surface area (Å²) in [6.45, 7) is 0. The van der Waals surface area contributed by atoms with Gasteiger partial charge in [0.25, 0.3) is 0 Å². The molecule has 1 heterocycles. The molecule has 0 radical (unpaired) electrons. The fourth-order valence-corrected chi connectivity index (χ4v) is 2.62. The van der Waals surface area contributed by atoms with E-state index in [0.29, 0.717) is 32.1 Å². The summed E-state index contributed by atoms with van der Waals surface area (Å²) < 4.78 is 14.6. The van der Waals surface area contributed by atoms with Gasteiger partial charge in [0.1, 0.15) is 5.82 Å². The molecule has 0 unspecified atom stereocenters. The number of benzene rings is 2. The number of hydrogen-bond acceptors (Lipinski definition) is 1. The molecular formula is C15H8Cl2FNO. The van der Waals surface area contributed by atoms with Crippen molar-refractivity contribution in [2.75, 3.05) is 0 Å². The van der Waals surface area contributed by atoms with Crippen LogP contribution in [0.3, 0.4) is 0 Å². The summed E-state index contributed by atoms with van der Waals surface area (Å²) in [7, 11) is 0. The molecule has 1 aromatic heterocycles. The van der Waals surface area contributed by atoms with Crippen molar-refractivity contribution in [3.8, 4) is 11.1 Å². The van der Waals surface area contributed by atoms with Gasteiger partial charge >= 0.3 is 0 Å². The molecule has 0 aliphatic carbocycles. The van der Waals surface area contributed by atoms with Gasteiger partial charge in [-0.1, -0.05) is 29.3 Å². The lowest BCUT2D eigenvalue weighted by molar-refractivity contribution is 0.643. The summed E-state index contributed by atoms with van der Waals surface area (Å²) in [5, 5.41) is 1.21. The van der Waals surface area contributed by atoms with Crippen LogP contribution in [0, 0.1) is 5.82 Å². The van der Waals surface area contributed by atoms with Gasteiger partial charge in [0.15, 0.2) is 0 Å². The maximum Gasteiger partial charge on any atom is 0.248 e. The Labute approximate surface area is 123 Å². The van der Waals surface area contributed by atoms with Gasteiger partial charge < -0.3 is 4.98 Å². The van der Waals surface area contributed by atoms with Crippen LogP contribution in [0.5, 0.6) is 0 Å². The van der Waals surface area contributed by atoms with Crippen LogP contribution in [-0.2, 0) is 0 Å². The lowest BCUT2D eigenvalue weighted by Gasteiger charge is -2.08. The van der Waals surface area contributed by atoms with Gasteiger partial charge in [-0.25, -0.2) is 4.39 Å². The fraction of sp³-hybridized carbons (Fsp3) is 0. The monoisotopic (exact) mass is 307 g/mol. The summed E-state index contributed by atoms with van der Waals surface area (Å²) >= 11 is 11.9. The first kappa shape index (κ1) is 13.2. The van der Waals surface area contributed by atoms with Crippen molar-refractivity contribution >= 4 is 34.1 Å². The molecule has 5 heteroatoms. The van der Waals surface area contributed by atoms with Gasteiger partial charge in [0, 0.05) is 32.6 Å². The first-order valence-electron chi connectivity index (χ1n) is 5.83. The van der Waals surface area contributed by atoms with Crippen molar-refractivity contribution < 1.29 is 4.39 Å². The van der Waals surface area contributed by atoms with Gasteiger partial charge in [-0.15, -0.1) is 0 Å². The molecular weight excluding hydrogens is 300 g/mol. The highest BCUT2D eigenvalue weighted by Gasteiger charge is 2.12. The summed E-state index contributed by atoms with van der Waals surface area (Å²) in [6.07, 6.45) is 0. The molecule has 0 bridgehead atoms. The second-order valence-corrected chi connectivity index (χ2v) is 5.18. The standard InChI is InChI=1S/C15H8Cl2FNO/c16-8-1-2-9(12(17)7-8)10-3-5-13-11(15(10)18)4-6-14(20)19-13/h1-7H,(H,19,20). The third-order valence-electron chi connectivity index (χ3n) is 3.06. The molecule has 0 saturated carbocycles. The molecule has 3 rings (SSSR count). The summed E-state index contributed by atoms with van der Waals surface area (Å²) in [6, 6.07) is 10.9. The second-order valence-electron chi connectivity index (χ2n) is 4.34. The first-order chi connectivity index (χ1) is 9.56. The SMILES string of the molecule is O=c1ccc2c(F)c(-c3ccc(Cl)cc3Cl)ccc2[nH]1. The molecule has 0 saturated heterocycles. The van der Waals surface area contributed by atoms with Crippen LogP contribution in [-0.4, -0.2) is 4.98 Å². The molecule has 0 atom stereocenters. The van der Waals surface area contributed by atoms with Crippen LogP contribution in [0.4, 0.5) is 4.39 Å². The minimum Gasteiger partial charge on any atom is -0.322 e. The Bertz CT molecular complexity index is 873. The maximum absolute atomic E-state index is 14.6. The highest BCUT2D eigenvalue weighted by molar-refractivity contribution is 6.36. The van der Waals surface area contributed by atoms with E-state index < -0.39 is 5.82 Å². The topological polar surface area (TPSA) is 32.9 Å². The van der Waals surface area contributed by atoms with Crippen LogP contribution in [0.2, 0.25) is 10.0 Å². The van der Waals surface area contributed by atoms with Crippen molar-refractivity contribution in [1.29, 1.82) is 0 Å². The van der Waals surface area contributed by atoms with Crippen molar-refractivity contribution in [2.24, 2.45) is 0 Å². The summed E-state index contributed by atoms with van der Waals surface area (Å²) in [5.74, 6) is -0.428. The average Bonchev–Trinajstić information content (AvgIpc) is 2.40. The minimum absolute atomic E-state index is 0.269. The van der Waals surface area contributed by atoms with E-state index in [-0.39, 0.29) is 5.56 Å². The van der Waals surface area contributed by atoms with Crippen LogP contribution >= 0.6 is 23.2 Å². The molecule has 0 amide bonds. The number of H-pyrrole nitrogens is 1. The molecule has 1 N–H and O–H groups in total. The zero-order valence-corrected chi connectivity index (χ0v) is 11.6. The van der Waals surface area contributed by atoms with Gasteiger partial charge in [0.05, 0.1) is 5.52 Å². The van der Waals surface area contributed by atoms with Crippen molar-refractivity contribution in [3.63, 3.8) is 0 Å². The number of halogens is 3. The fourth-order valence-electron chi connectivity index (χ4n) is 2.11. The van der Waals surface area contributed by atoms with Crippen LogP contribution in [0.1, 0.15) is 0 Å².